The van der Waals surface area contributed by atoms with E-state index in [1.54, 1.807) is 18.3 Å². The van der Waals surface area contributed by atoms with Crippen LogP contribution in [0.3, 0.4) is 0 Å². The molecule has 0 aliphatic rings. The zero-order valence-electron chi connectivity index (χ0n) is 10.5. The smallest absolute Gasteiger partial charge is 0.323 e. The van der Waals surface area contributed by atoms with Gasteiger partial charge >= 0.3 is 6.03 Å². The summed E-state index contributed by atoms with van der Waals surface area (Å²) < 4.78 is 0.599. The van der Waals surface area contributed by atoms with Crippen LogP contribution in [0.1, 0.15) is 5.56 Å². The number of nitrogens with zero attached hydrogens (tertiary/aromatic N) is 1. The van der Waals surface area contributed by atoms with Crippen molar-refractivity contribution in [1.29, 1.82) is 0 Å². The summed E-state index contributed by atoms with van der Waals surface area (Å²) in [6.07, 6.45) is 1.55. The maximum Gasteiger partial charge on any atom is 0.323 e. The Labute approximate surface area is 139 Å². The lowest BCUT2D eigenvalue weighted by Crippen LogP contribution is -2.20. The molecule has 0 fully saturated rings. The van der Waals surface area contributed by atoms with Gasteiger partial charge in [0.2, 0.25) is 0 Å². The van der Waals surface area contributed by atoms with Crippen LogP contribution in [0.15, 0.2) is 35.1 Å². The second kappa shape index (κ2) is 7.09. The summed E-state index contributed by atoms with van der Waals surface area (Å²) in [6, 6.07) is 5.82. The lowest BCUT2D eigenvalue weighted by molar-refractivity contribution is 0.262. The molecule has 0 bridgehead atoms. The predicted molar refractivity (Wildman–Crippen MR) is 87.0 cm³/mol. The van der Waals surface area contributed by atoms with Crippen molar-refractivity contribution in [3.05, 3.63) is 50.7 Å². The third-order valence-electron chi connectivity index (χ3n) is 2.55. The van der Waals surface area contributed by atoms with E-state index < -0.39 is 6.03 Å². The maximum atomic E-state index is 12.0. The molecule has 1 heterocycles. The van der Waals surface area contributed by atoms with Gasteiger partial charge in [-0.2, -0.15) is 0 Å². The number of hydrogen-bond donors (Lipinski definition) is 3. The monoisotopic (exact) mass is 389 g/mol. The van der Waals surface area contributed by atoms with Gasteiger partial charge in [-0.15, -0.1) is 0 Å². The number of urea groups is 1. The molecular weight excluding hydrogens is 381 g/mol. The van der Waals surface area contributed by atoms with Gasteiger partial charge in [-0.3, -0.25) is 0 Å². The van der Waals surface area contributed by atoms with Crippen molar-refractivity contribution in [2.75, 3.05) is 10.6 Å². The van der Waals surface area contributed by atoms with Gasteiger partial charge in [0.15, 0.2) is 0 Å². The molecule has 0 saturated heterocycles. The highest BCUT2D eigenvalue weighted by Gasteiger charge is 2.11. The van der Waals surface area contributed by atoms with Gasteiger partial charge in [-0.25, -0.2) is 9.78 Å². The van der Waals surface area contributed by atoms with Crippen LogP contribution in [0.25, 0.3) is 0 Å². The number of aliphatic hydroxyl groups excluding tert-OH is 1. The molecule has 0 radical (unpaired) electrons. The number of pyridine rings is 1. The minimum Gasteiger partial charge on any atom is -0.392 e. The number of aliphatic hydroxyl groups is 1. The van der Waals surface area contributed by atoms with E-state index in [1.165, 1.54) is 12.1 Å². The topological polar surface area (TPSA) is 74.2 Å². The van der Waals surface area contributed by atoms with Crippen LogP contribution in [0, 0.1) is 0 Å². The summed E-state index contributed by atoms with van der Waals surface area (Å²) in [5.41, 5.74) is 1.31. The van der Waals surface area contributed by atoms with E-state index in [-0.39, 0.29) is 11.6 Å². The van der Waals surface area contributed by atoms with E-state index in [1.807, 2.05) is 0 Å². The molecule has 1 aromatic carbocycles. The fourth-order valence-electron chi connectivity index (χ4n) is 1.64. The quantitative estimate of drug-likeness (QED) is 0.684. The Balaban J connectivity index is 2.16. The van der Waals surface area contributed by atoms with Gasteiger partial charge < -0.3 is 15.7 Å². The van der Waals surface area contributed by atoms with Crippen molar-refractivity contribution in [2.45, 2.75) is 6.61 Å². The summed E-state index contributed by atoms with van der Waals surface area (Å²) >= 11 is 15.1. The number of carbonyl (C=O) groups is 1. The van der Waals surface area contributed by atoms with Crippen molar-refractivity contribution < 1.29 is 9.90 Å². The molecule has 3 N–H and O–H groups in total. The number of aromatic nitrogens is 1. The third-order valence-corrected chi connectivity index (χ3v) is 3.54. The predicted octanol–water partition coefficient (Wildman–Crippen LogP) is 4.29. The summed E-state index contributed by atoms with van der Waals surface area (Å²) in [5.74, 6) is 0. The number of rotatable bonds is 3. The van der Waals surface area contributed by atoms with E-state index in [4.69, 9.17) is 23.2 Å². The molecule has 0 atom stereocenters. The molecule has 0 unspecified atom stereocenters. The molecule has 0 saturated carbocycles. The normalized spacial score (nSPS) is 10.3. The molecule has 0 aliphatic carbocycles. The highest BCUT2D eigenvalue weighted by molar-refractivity contribution is 9.10. The molecule has 2 rings (SSSR count). The standard InChI is InChI=1S/C13H10BrCl2N3O2/c14-12-5-8(1-2-17-12)18-13(21)19-11-4-7(15)3-10(16)9(11)6-20/h1-5,20H,6H2,(H2,17,18,19,21). The Hall–Kier alpha value is -1.34. The van der Waals surface area contributed by atoms with Crippen LogP contribution in [-0.4, -0.2) is 16.1 Å². The molecule has 2 amide bonds. The number of nitrogens with one attached hydrogen (secondary N) is 2. The average molecular weight is 391 g/mol. The van der Waals surface area contributed by atoms with Crippen molar-refractivity contribution in [2.24, 2.45) is 0 Å². The van der Waals surface area contributed by atoms with Crippen molar-refractivity contribution in [1.82, 2.24) is 4.98 Å². The molecule has 110 valence electrons. The summed E-state index contributed by atoms with van der Waals surface area (Å²) in [5, 5.41) is 15.2. The van der Waals surface area contributed by atoms with Crippen LogP contribution < -0.4 is 10.6 Å². The van der Waals surface area contributed by atoms with Gasteiger partial charge in [0.25, 0.3) is 0 Å². The lowest BCUT2D eigenvalue weighted by Gasteiger charge is -2.12. The minimum atomic E-state index is -0.485. The number of halogens is 3. The van der Waals surface area contributed by atoms with Crippen LogP contribution in [-0.2, 0) is 6.61 Å². The molecule has 0 spiro atoms. The summed E-state index contributed by atoms with van der Waals surface area (Å²) in [6.45, 7) is -0.313. The first kappa shape index (κ1) is 16.0. The first-order valence-corrected chi connectivity index (χ1v) is 7.33. The fraction of sp³-hybridized carbons (Fsp3) is 0.0769. The Kier molecular flexibility index (Phi) is 5.41. The summed E-state index contributed by atoms with van der Waals surface area (Å²) in [4.78, 5) is 15.9. The first-order valence-electron chi connectivity index (χ1n) is 5.78. The zero-order chi connectivity index (χ0) is 15.4. The number of benzene rings is 1. The number of amides is 2. The van der Waals surface area contributed by atoms with E-state index in [2.05, 4.69) is 31.5 Å². The molecular formula is C13H10BrCl2N3O2. The van der Waals surface area contributed by atoms with Crippen LogP contribution in [0.2, 0.25) is 10.0 Å². The number of anilines is 2. The molecule has 21 heavy (non-hydrogen) atoms. The SMILES string of the molecule is O=C(Nc1ccnc(Br)c1)Nc1cc(Cl)cc(Cl)c1CO. The van der Waals surface area contributed by atoms with E-state index in [9.17, 15) is 9.90 Å². The Morgan fingerprint density at radius 2 is 2.05 bits per heavy atom. The van der Waals surface area contributed by atoms with E-state index in [0.29, 0.717) is 26.6 Å². The van der Waals surface area contributed by atoms with Crippen molar-refractivity contribution in [3.8, 4) is 0 Å². The largest absolute Gasteiger partial charge is 0.392 e. The second-order valence-corrected chi connectivity index (χ2v) is 5.67. The first-order chi connectivity index (χ1) is 9.99. The van der Waals surface area contributed by atoms with Gasteiger partial charge in [0.1, 0.15) is 4.60 Å². The number of carbonyl (C=O) groups excluding carboxylic acids is 1. The van der Waals surface area contributed by atoms with Crippen LogP contribution in [0.5, 0.6) is 0 Å². The third kappa shape index (κ3) is 4.31. The van der Waals surface area contributed by atoms with Gasteiger partial charge in [-0.1, -0.05) is 23.2 Å². The molecule has 5 nitrogen and oxygen atoms in total. The minimum absolute atomic E-state index is 0.284. The highest BCUT2D eigenvalue weighted by atomic mass is 79.9. The summed E-state index contributed by atoms with van der Waals surface area (Å²) in [7, 11) is 0. The van der Waals surface area contributed by atoms with Crippen LogP contribution >= 0.6 is 39.1 Å². The lowest BCUT2D eigenvalue weighted by atomic mass is 10.2. The van der Waals surface area contributed by atoms with Gasteiger partial charge in [0, 0.05) is 27.5 Å². The Morgan fingerprint density at radius 3 is 2.71 bits per heavy atom. The second-order valence-electron chi connectivity index (χ2n) is 4.02. The molecule has 1 aromatic heterocycles. The maximum absolute atomic E-state index is 12.0. The molecule has 2 aromatic rings. The van der Waals surface area contributed by atoms with Gasteiger partial charge in [-0.05, 0) is 40.2 Å². The van der Waals surface area contributed by atoms with E-state index >= 15 is 0 Å². The molecule has 8 heteroatoms. The highest BCUT2D eigenvalue weighted by Crippen LogP contribution is 2.29. The van der Waals surface area contributed by atoms with Crippen LogP contribution in [0.4, 0.5) is 16.2 Å². The van der Waals surface area contributed by atoms with Crippen molar-refractivity contribution in [3.63, 3.8) is 0 Å². The molecule has 0 aliphatic heterocycles. The van der Waals surface area contributed by atoms with Crippen molar-refractivity contribution >= 4 is 56.5 Å². The van der Waals surface area contributed by atoms with E-state index in [0.717, 1.165) is 0 Å². The zero-order valence-corrected chi connectivity index (χ0v) is 13.6. The number of hydrogen-bond acceptors (Lipinski definition) is 3. The fourth-order valence-corrected chi connectivity index (χ4v) is 2.56. The van der Waals surface area contributed by atoms with Gasteiger partial charge in [0.05, 0.1) is 12.3 Å². The Morgan fingerprint density at radius 1 is 1.29 bits per heavy atom. The average Bonchev–Trinajstić information content (AvgIpc) is 2.37. The Bertz CT molecular complexity index is 682.